The molecule has 2 rings (SSSR count). The first-order chi connectivity index (χ1) is 7.78. The standard InChI is InChI=1S/C11H10ClN3O/c1-16-10-7-9(14-11(12)15-10)13-8-5-3-2-4-6-8/h2-7H,1H3,(H,13,14,15). The summed E-state index contributed by atoms with van der Waals surface area (Å²) >= 11 is 5.75. The van der Waals surface area contributed by atoms with E-state index < -0.39 is 0 Å². The molecule has 1 N–H and O–H groups in total. The fourth-order valence-corrected chi connectivity index (χ4v) is 1.41. The lowest BCUT2D eigenvalue weighted by molar-refractivity contribution is 0.397. The van der Waals surface area contributed by atoms with Crippen molar-refractivity contribution in [2.45, 2.75) is 0 Å². The van der Waals surface area contributed by atoms with E-state index in [1.807, 2.05) is 30.3 Å². The van der Waals surface area contributed by atoms with Gasteiger partial charge in [-0.15, -0.1) is 0 Å². The van der Waals surface area contributed by atoms with Crippen molar-refractivity contribution < 1.29 is 4.74 Å². The Morgan fingerprint density at radius 3 is 2.62 bits per heavy atom. The van der Waals surface area contributed by atoms with Crippen molar-refractivity contribution in [3.63, 3.8) is 0 Å². The predicted octanol–water partition coefficient (Wildman–Crippen LogP) is 2.88. The lowest BCUT2D eigenvalue weighted by Crippen LogP contribution is -1.97. The second-order valence-electron chi connectivity index (χ2n) is 3.06. The molecule has 1 heterocycles. The second kappa shape index (κ2) is 4.81. The highest BCUT2D eigenvalue weighted by atomic mass is 35.5. The average Bonchev–Trinajstić information content (AvgIpc) is 2.29. The number of nitrogens with one attached hydrogen (secondary N) is 1. The Kier molecular flexibility index (Phi) is 3.22. The maximum absolute atomic E-state index is 5.75. The third kappa shape index (κ3) is 2.61. The van der Waals surface area contributed by atoms with Crippen molar-refractivity contribution in [2.75, 3.05) is 12.4 Å². The van der Waals surface area contributed by atoms with E-state index in [1.54, 1.807) is 6.07 Å². The van der Waals surface area contributed by atoms with Crippen LogP contribution in [0.4, 0.5) is 11.5 Å². The van der Waals surface area contributed by atoms with E-state index in [2.05, 4.69) is 15.3 Å². The van der Waals surface area contributed by atoms with E-state index >= 15 is 0 Å². The number of halogens is 1. The van der Waals surface area contributed by atoms with Crippen LogP contribution in [-0.4, -0.2) is 17.1 Å². The zero-order valence-electron chi connectivity index (χ0n) is 8.64. The van der Waals surface area contributed by atoms with Crippen LogP contribution < -0.4 is 10.1 Å². The minimum Gasteiger partial charge on any atom is -0.481 e. The van der Waals surface area contributed by atoms with E-state index in [4.69, 9.17) is 16.3 Å². The van der Waals surface area contributed by atoms with Crippen LogP contribution in [0.3, 0.4) is 0 Å². The summed E-state index contributed by atoms with van der Waals surface area (Å²) in [6.07, 6.45) is 0. The van der Waals surface area contributed by atoms with Gasteiger partial charge in [0.2, 0.25) is 11.2 Å². The molecule has 0 bridgehead atoms. The first kappa shape index (κ1) is 10.7. The molecule has 2 aromatic rings. The van der Waals surface area contributed by atoms with Crippen molar-refractivity contribution in [2.24, 2.45) is 0 Å². The van der Waals surface area contributed by atoms with Gasteiger partial charge in [0.15, 0.2) is 0 Å². The van der Waals surface area contributed by atoms with Crippen LogP contribution in [0.15, 0.2) is 36.4 Å². The number of nitrogens with zero attached hydrogens (tertiary/aromatic N) is 2. The van der Waals surface area contributed by atoms with Crippen molar-refractivity contribution in [3.8, 4) is 5.88 Å². The minimum atomic E-state index is 0.151. The smallest absolute Gasteiger partial charge is 0.227 e. The van der Waals surface area contributed by atoms with Crippen LogP contribution >= 0.6 is 11.6 Å². The van der Waals surface area contributed by atoms with Gasteiger partial charge in [0.05, 0.1) is 7.11 Å². The number of hydrogen-bond donors (Lipinski definition) is 1. The molecule has 4 nitrogen and oxygen atoms in total. The third-order valence-corrected chi connectivity index (χ3v) is 2.10. The zero-order chi connectivity index (χ0) is 11.4. The molecule has 16 heavy (non-hydrogen) atoms. The SMILES string of the molecule is COc1cc(Nc2ccccc2)nc(Cl)n1. The Hall–Kier alpha value is -1.81. The van der Waals surface area contributed by atoms with Gasteiger partial charge in [-0.25, -0.2) is 4.98 Å². The highest BCUT2D eigenvalue weighted by Gasteiger charge is 2.02. The molecular weight excluding hydrogens is 226 g/mol. The lowest BCUT2D eigenvalue weighted by Gasteiger charge is -2.06. The maximum Gasteiger partial charge on any atom is 0.227 e. The number of hydrogen-bond acceptors (Lipinski definition) is 4. The Balaban J connectivity index is 2.24. The Morgan fingerprint density at radius 1 is 1.19 bits per heavy atom. The topological polar surface area (TPSA) is 47.0 Å². The average molecular weight is 236 g/mol. The molecule has 1 aromatic carbocycles. The highest BCUT2D eigenvalue weighted by Crippen LogP contribution is 2.19. The lowest BCUT2D eigenvalue weighted by atomic mass is 10.3. The van der Waals surface area contributed by atoms with E-state index in [0.29, 0.717) is 11.7 Å². The number of ether oxygens (including phenoxy) is 1. The number of aromatic nitrogens is 2. The van der Waals surface area contributed by atoms with Gasteiger partial charge < -0.3 is 10.1 Å². The molecule has 0 saturated carbocycles. The van der Waals surface area contributed by atoms with Crippen LogP contribution in [0.25, 0.3) is 0 Å². The van der Waals surface area contributed by atoms with Crippen molar-refractivity contribution >= 4 is 23.1 Å². The van der Waals surface area contributed by atoms with Gasteiger partial charge in [-0.3, -0.25) is 0 Å². The number of para-hydroxylation sites is 1. The Bertz CT molecular complexity index is 476. The van der Waals surface area contributed by atoms with Crippen LogP contribution in [0.1, 0.15) is 0 Å². The van der Waals surface area contributed by atoms with Crippen molar-refractivity contribution in [3.05, 3.63) is 41.7 Å². The van der Waals surface area contributed by atoms with E-state index in [9.17, 15) is 0 Å². The number of benzene rings is 1. The molecule has 0 aliphatic heterocycles. The second-order valence-corrected chi connectivity index (χ2v) is 3.39. The van der Waals surface area contributed by atoms with Gasteiger partial charge in [0.25, 0.3) is 0 Å². The van der Waals surface area contributed by atoms with Gasteiger partial charge in [0, 0.05) is 11.8 Å². The summed E-state index contributed by atoms with van der Waals surface area (Å²) in [7, 11) is 1.53. The monoisotopic (exact) mass is 235 g/mol. The van der Waals surface area contributed by atoms with Crippen LogP contribution in [-0.2, 0) is 0 Å². The van der Waals surface area contributed by atoms with E-state index in [1.165, 1.54) is 7.11 Å². The largest absolute Gasteiger partial charge is 0.481 e. The van der Waals surface area contributed by atoms with E-state index in [-0.39, 0.29) is 5.28 Å². The summed E-state index contributed by atoms with van der Waals surface area (Å²) < 4.78 is 5.00. The summed E-state index contributed by atoms with van der Waals surface area (Å²) in [6, 6.07) is 11.4. The van der Waals surface area contributed by atoms with Crippen LogP contribution in [0.5, 0.6) is 5.88 Å². The molecule has 0 saturated heterocycles. The quantitative estimate of drug-likeness (QED) is 0.831. The molecule has 82 valence electrons. The summed E-state index contributed by atoms with van der Waals surface area (Å²) in [6.45, 7) is 0. The zero-order valence-corrected chi connectivity index (χ0v) is 9.40. The molecule has 5 heteroatoms. The van der Waals surface area contributed by atoms with Gasteiger partial charge in [-0.1, -0.05) is 18.2 Å². The molecule has 0 unspecified atom stereocenters. The third-order valence-electron chi connectivity index (χ3n) is 1.93. The fraction of sp³-hybridized carbons (Fsp3) is 0.0909. The van der Waals surface area contributed by atoms with Gasteiger partial charge in [0.1, 0.15) is 5.82 Å². The minimum absolute atomic E-state index is 0.151. The first-order valence-corrected chi connectivity index (χ1v) is 5.06. The number of rotatable bonds is 3. The first-order valence-electron chi connectivity index (χ1n) is 4.68. The van der Waals surface area contributed by atoms with Crippen molar-refractivity contribution in [1.29, 1.82) is 0 Å². The summed E-state index contributed by atoms with van der Waals surface area (Å²) in [5.41, 5.74) is 0.930. The Labute approximate surface area is 98.3 Å². The fourth-order valence-electron chi connectivity index (χ4n) is 1.23. The molecule has 1 aromatic heterocycles. The normalized spacial score (nSPS) is 9.88. The van der Waals surface area contributed by atoms with Gasteiger partial charge >= 0.3 is 0 Å². The molecular formula is C11H10ClN3O. The van der Waals surface area contributed by atoms with Crippen molar-refractivity contribution in [1.82, 2.24) is 9.97 Å². The summed E-state index contributed by atoms with van der Waals surface area (Å²) in [5, 5.41) is 3.25. The van der Waals surface area contributed by atoms with Crippen LogP contribution in [0, 0.1) is 0 Å². The molecule has 0 amide bonds. The molecule has 0 aliphatic carbocycles. The number of methoxy groups -OCH3 is 1. The van der Waals surface area contributed by atoms with Gasteiger partial charge in [-0.2, -0.15) is 4.98 Å². The summed E-state index contributed by atoms with van der Waals surface area (Å²) in [5.74, 6) is 1.03. The molecule has 0 atom stereocenters. The number of anilines is 2. The highest BCUT2D eigenvalue weighted by molar-refractivity contribution is 6.28. The molecule has 0 radical (unpaired) electrons. The summed E-state index contributed by atoms with van der Waals surface area (Å²) in [4.78, 5) is 7.93. The maximum atomic E-state index is 5.75. The molecule has 0 aliphatic rings. The van der Waals surface area contributed by atoms with E-state index in [0.717, 1.165) is 5.69 Å². The predicted molar refractivity (Wildman–Crippen MR) is 63.3 cm³/mol. The van der Waals surface area contributed by atoms with Crippen LogP contribution in [0.2, 0.25) is 5.28 Å². The van der Waals surface area contributed by atoms with Gasteiger partial charge in [-0.05, 0) is 23.7 Å². The Morgan fingerprint density at radius 2 is 1.94 bits per heavy atom. The molecule has 0 spiro atoms. The molecule has 0 fully saturated rings.